The molecule has 1 aromatic carbocycles. The van der Waals surface area contributed by atoms with Gasteiger partial charge < -0.3 is 10.6 Å². The van der Waals surface area contributed by atoms with Crippen molar-refractivity contribution in [2.24, 2.45) is 0 Å². The fraction of sp³-hybridized carbons (Fsp3) is 0.312. The van der Waals surface area contributed by atoms with Gasteiger partial charge in [-0.05, 0) is 25.3 Å². The van der Waals surface area contributed by atoms with E-state index in [2.05, 4.69) is 20.6 Å². The number of carbonyl (C=O) groups excluding carboxylic acids is 1. The molecule has 1 aliphatic rings. The Bertz CT molecular complexity index is 615. The van der Waals surface area contributed by atoms with Crippen LogP contribution < -0.4 is 10.6 Å². The maximum absolute atomic E-state index is 12.0. The van der Waals surface area contributed by atoms with E-state index in [4.69, 9.17) is 0 Å². The van der Waals surface area contributed by atoms with Gasteiger partial charge in [-0.2, -0.15) is 0 Å². The Morgan fingerprint density at radius 2 is 2.00 bits per heavy atom. The average Bonchev–Trinajstić information content (AvgIpc) is 2.74. The van der Waals surface area contributed by atoms with Gasteiger partial charge in [0, 0.05) is 18.3 Å². The summed E-state index contributed by atoms with van der Waals surface area (Å²) in [7, 11) is 0. The quantitative estimate of drug-likeness (QED) is 0.906. The van der Waals surface area contributed by atoms with Gasteiger partial charge >= 0.3 is 0 Å². The minimum atomic E-state index is -0.217. The number of rotatable bonds is 3. The minimum absolute atomic E-state index is 0.0485. The molecule has 1 atom stereocenters. The summed E-state index contributed by atoms with van der Waals surface area (Å²) in [6.45, 7) is 0.760. The standard InChI is InChI=1S/C16H18N4O/c21-16-13(8-4-5-10-18-16)19-14-9-11-17-15(20-14)12-6-2-1-3-7-12/h1-3,6-7,9,11,13H,4-5,8,10H2,(H,18,21)(H,17,19,20). The molecule has 2 aromatic rings. The van der Waals surface area contributed by atoms with E-state index in [1.165, 1.54) is 0 Å². The van der Waals surface area contributed by atoms with E-state index >= 15 is 0 Å². The maximum Gasteiger partial charge on any atom is 0.242 e. The minimum Gasteiger partial charge on any atom is -0.358 e. The lowest BCUT2D eigenvalue weighted by molar-refractivity contribution is -0.121. The highest BCUT2D eigenvalue weighted by Gasteiger charge is 2.20. The van der Waals surface area contributed by atoms with Crippen LogP contribution in [0.1, 0.15) is 19.3 Å². The van der Waals surface area contributed by atoms with Crippen molar-refractivity contribution in [2.45, 2.75) is 25.3 Å². The molecule has 1 amide bonds. The largest absolute Gasteiger partial charge is 0.358 e. The van der Waals surface area contributed by atoms with Gasteiger partial charge in [-0.3, -0.25) is 4.79 Å². The molecule has 0 spiro atoms. The van der Waals surface area contributed by atoms with Crippen LogP contribution in [0.3, 0.4) is 0 Å². The first-order chi connectivity index (χ1) is 10.3. The molecule has 21 heavy (non-hydrogen) atoms. The second-order valence-corrected chi connectivity index (χ2v) is 5.12. The third-order valence-corrected chi connectivity index (χ3v) is 3.54. The molecular weight excluding hydrogens is 264 g/mol. The van der Waals surface area contributed by atoms with Crippen LogP contribution in [0.2, 0.25) is 0 Å². The number of hydrogen-bond acceptors (Lipinski definition) is 4. The summed E-state index contributed by atoms with van der Waals surface area (Å²) in [4.78, 5) is 20.7. The summed E-state index contributed by atoms with van der Waals surface area (Å²) in [6.07, 6.45) is 4.61. The zero-order valence-electron chi connectivity index (χ0n) is 11.7. The average molecular weight is 282 g/mol. The lowest BCUT2D eigenvalue weighted by atomic mass is 10.1. The smallest absolute Gasteiger partial charge is 0.242 e. The van der Waals surface area contributed by atoms with Crippen molar-refractivity contribution in [1.82, 2.24) is 15.3 Å². The lowest BCUT2D eigenvalue weighted by Crippen LogP contribution is -2.38. The zero-order chi connectivity index (χ0) is 14.5. The van der Waals surface area contributed by atoms with Crippen molar-refractivity contribution in [3.8, 4) is 11.4 Å². The van der Waals surface area contributed by atoms with E-state index in [1.54, 1.807) is 12.3 Å². The molecule has 0 saturated carbocycles. The highest BCUT2D eigenvalue weighted by molar-refractivity contribution is 5.84. The van der Waals surface area contributed by atoms with Crippen molar-refractivity contribution < 1.29 is 4.79 Å². The number of carbonyl (C=O) groups is 1. The summed E-state index contributed by atoms with van der Waals surface area (Å²) < 4.78 is 0. The topological polar surface area (TPSA) is 66.9 Å². The predicted octanol–water partition coefficient (Wildman–Crippen LogP) is 2.22. The Balaban J connectivity index is 1.78. The first kappa shape index (κ1) is 13.5. The van der Waals surface area contributed by atoms with E-state index in [0.717, 1.165) is 31.4 Å². The Hall–Kier alpha value is -2.43. The predicted molar refractivity (Wildman–Crippen MR) is 81.7 cm³/mol. The van der Waals surface area contributed by atoms with Crippen LogP contribution in [-0.4, -0.2) is 28.5 Å². The van der Waals surface area contributed by atoms with Crippen LogP contribution in [-0.2, 0) is 4.79 Å². The number of amides is 1. The van der Waals surface area contributed by atoms with Gasteiger partial charge in [0.05, 0.1) is 0 Å². The number of nitrogens with zero attached hydrogens (tertiary/aromatic N) is 2. The van der Waals surface area contributed by atoms with Crippen LogP contribution in [0.25, 0.3) is 11.4 Å². The summed E-state index contributed by atoms with van der Waals surface area (Å²) in [5, 5.41) is 6.13. The molecule has 5 nitrogen and oxygen atoms in total. The molecule has 1 unspecified atom stereocenters. The third-order valence-electron chi connectivity index (χ3n) is 3.54. The van der Waals surface area contributed by atoms with Gasteiger partial charge in [0.15, 0.2) is 5.82 Å². The Labute approximate surface area is 123 Å². The van der Waals surface area contributed by atoms with Gasteiger partial charge in [-0.15, -0.1) is 0 Å². The summed E-state index contributed by atoms with van der Waals surface area (Å²) in [5.74, 6) is 1.40. The van der Waals surface area contributed by atoms with Crippen molar-refractivity contribution in [3.05, 3.63) is 42.6 Å². The SMILES string of the molecule is O=C1NCCCCC1Nc1ccnc(-c2ccccc2)n1. The number of hydrogen-bond donors (Lipinski definition) is 2. The molecule has 2 N–H and O–H groups in total. The molecule has 0 aliphatic carbocycles. The number of nitrogens with one attached hydrogen (secondary N) is 2. The molecule has 3 rings (SSSR count). The highest BCUT2D eigenvalue weighted by Crippen LogP contribution is 2.17. The number of benzene rings is 1. The van der Waals surface area contributed by atoms with Crippen LogP contribution in [0.5, 0.6) is 0 Å². The molecule has 0 radical (unpaired) electrons. The molecule has 1 aromatic heterocycles. The fourth-order valence-corrected chi connectivity index (χ4v) is 2.42. The van der Waals surface area contributed by atoms with E-state index < -0.39 is 0 Å². The Morgan fingerprint density at radius 1 is 1.14 bits per heavy atom. The first-order valence-corrected chi connectivity index (χ1v) is 7.25. The lowest BCUT2D eigenvalue weighted by Gasteiger charge is -2.16. The van der Waals surface area contributed by atoms with Crippen molar-refractivity contribution in [3.63, 3.8) is 0 Å². The van der Waals surface area contributed by atoms with Crippen LogP contribution in [0, 0.1) is 0 Å². The monoisotopic (exact) mass is 282 g/mol. The Morgan fingerprint density at radius 3 is 2.86 bits per heavy atom. The first-order valence-electron chi connectivity index (χ1n) is 7.25. The molecule has 2 heterocycles. The second-order valence-electron chi connectivity index (χ2n) is 5.12. The van der Waals surface area contributed by atoms with Crippen molar-refractivity contribution in [2.75, 3.05) is 11.9 Å². The fourth-order valence-electron chi connectivity index (χ4n) is 2.42. The number of aromatic nitrogens is 2. The molecule has 1 fully saturated rings. The van der Waals surface area contributed by atoms with E-state index in [0.29, 0.717) is 11.6 Å². The molecule has 108 valence electrons. The van der Waals surface area contributed by atoms with Crippen molar-refractivity contribution in [1.29, 1.82) is 0 Å². The Kier molecular flexibility index (Phi) is 4.09. The van der Waals surface area contributed by atoms with Crippen LogP contribution >= 0.6 is 0 Å². The van der Waals surface area contributed by atoms with Gasteiger partial charge in [-0.1, -0.05) is 30.3 Å². The third kappa shape index (κ3) is 3.37. The summed E-state index contributed by atoms with van der Waals surface area (Å²) in [5.41, 5.74) is 0.964. The number of anilines is 1. The maximum atomic E-state index is 12.0. The van der Waals surface area contributed by atoms with Gasteiger partial charge in [-0.25, -0.2) is 9.97 Å². The van der Waals surface area contributed by atoms with Crippen molar-refractivity contribution >= 4 is 11.7 Å². The zero-order valence-corrected chi connectivity index (χ0v) is 11.7. The van der Waals surface area contributed by atoms with Gasteiger partial charge in [0.2, 0.25) is 5.91 Å². The molecule has 1 aliphatic heterocycles. The van der Waals surface area contributed by atoms with E-state index in [9.17, 15) is 4.79 Å². The summed E-state index contributed by atoms with van der Waals surface area (Å²) in [6, 6.07) is 11.4. The molecule has 5 heteroatoms. The molecule has 0 bridgehead atoms. The van der Waals surface area contributed by atoms with Gasteiger partial charge in [0.1, 0.15) is 11.9 Å². The van der Waals surface area contributed by atoms with Crippen LogP contribution in [0.4, 0.5) is 5.82 Å². The normalized spacial score (nSPS) is 18.7. The van der Waals surface area contributed by atoms with E-state index in [-0.39, 0.29) is 11.9 Å². The second kappa shape index (κ2) is 6.35. The molecular formula is C16H18N4O. The molecule has 1 saturated heterocycles. The van der Waals surface area contributed by atoms with E-state index in [1.807, 2.05) is 30.3 Å². The summed E-state index contributed by atoms with van der Waals surface area (Å²) >= 11 is 0. The highest BCUT2D eigenvalue weighted by atomic mass is 16.2. The van der Waals surface area contributed by atoms with Gasteiger partial charge in [0.25, 0.3) is 0 Å². The van der Waals surface area contributed by atoms with Crippen LogP contribution in [0.15, 0.2) is 42.6 Å².